The molecule has 2 amide bonds. The molecule has 0 saturated heterocycles. The topological polar surface area (TPSA) is 256 Å². The number of nitrogens with zero attached hydrogens (tertiary/aromatic N) is 5. The van der Waals surface area contributed by atoms with Crippen molar-refractivity contribution in [2.24, 2.45) is 5.73 Å². The van der Waals surface area contributed by atoms with Gasteiger partial charge in [-0.1, -0.05) is 6.92 Å². The number of amides is 2. The molecule has 0 bridgehead atoms. The van der Waals surface area contributed by atoms with E-state index in [1.165, 1.54) is 19.1 Å². The minimum Gasteiger partial charge on any atom is -0.479 e. The second-order valence-electron chi connectivity index (χ2n) is 10.5. The molecule has 0 aliphatic heterocycles. The molecule has 0 spiro atoms. The molecule has 3 rings (SSSR count). The van der Waals surface area contributed by atoms with Crippen molar-refractivity contribution in [3.05, 3.63) is 41.7 Å². The molecule has 1 atom stereocenters. The Labute approximate surface area is 272 Å². The number of aromatic nitrogens is 4. The smallest absolute Gasteiger partial charge is 0.339 e. The first kappa shape index (κ1) is 36.8. The van der Waals surface area contributed by atoms with E-state index in [1.54, 1.807) is 18.3 Å². The lowest BCUT2D eigenvalue weighted by molar-refractivity contribution is -0.150. The van der Waals surface area contributed by atoms with Gasteiger partial charge in [-0.25, -0.2) is 14.8 Å². The van der Waals surface area contributed by atoms with E-state index in [9.17, 15) is 19.5 Å². The van der Waals surface area contributed by atoms with Crippen LogP contribution < -0.4 is 32.7 Å². The van der Waals surface area contributed by atoms with Gasteiger partial charge in [-0.3, -0.25) is 9.59 Å². The van der Waals surface area contributed by atoms with Crippen LogP contribution in [-0.2, 0) is 30.3 Å². The summed E-state index contributed by atoms with van der Waals surface area (Å²) in [6.45, 7) is 5.26. The third kappa shape index (κ3) is 10.7. The largest absolute Gasteiger partial charge is 0.479 e. The number of anilines is 3. The minimum absolute atomic E-state index is 0.00871. The summed E-state index contributed by atoms with van der Waals surface area (Å²) in [5.41, 5.74) is 16.9. The minimum atomic E-state index is -2.15. The van der Waals surface area contributed by atoms with Gasteiger partial charge < -0.3 is 52.1 Å². The van der Waals surface area contributed by atoms with Gasteiger partial charge >= 0.3 is 5.97 Å². The third-order valence-corrected chi connectivity index (χ3v) is 7.07. The Kier molecular flexibility index (Phi) is 14.4. The van der Waals surface area contributed by atoms with E-state index in [4.69, 9.17) is 31.4 Å². The molecule has 0 aliphatic carbocycles. The summed E-state index contributed by atoms with van der Waals surface area (Å²) < 4.78 is 16.2. The van der Waals surface area contributed by atoms with E-state index >= 15 is 0 Å². The standard InChI is InChI=1S/C30H44N10O7/c1-3-30(28(43)44,27(42)34-11-5-13-46-15-17-47-16-14-45-12-4-10-31)39-26(41)20-6-8-22(9-7-20)40(2)19-21-18-35-25-23(36-21)24(32)37-29(33)38-25/h6-9,18H,3-5,10-17,19,31H2,1-2H3,(H,34,42)(H,39,41)(H,43,44)(H4,32,33,35,37,38). The number of carbonyl (C=O) groups excluding carboxylic acids is 2. The van der Waals surface area contributed by atoms with E-state index in [0.717, 1.165) is 12.1 Å². The maximum atomic E-state index is 13.1. The zero-order valence-electron chi connectivity index (χ0n) is 26.7. The van der Waals surface area contributed by atoms with Crippen LogP contribution in [0.3, 0.4) is 0 Å². The first-order valence-electron chi connectivity index (χ1n) is 15.2. The lowest BCUT2D eigenvalue weighted by atomic mass is 9.94. The van der Waals surface area contributed by atoms with Gasteiger partial charge in [0, 0.05) is 38.1 Å². The molecule has 1 unspecified atom stereocenters. The second kappa shape index (κ2) is 18.4. The number of carbonyl (C=O) groups is 3. The number of nitrogens with two attached hydrogens (primary N) is 3. The predicted molar refractivity (Wildman–Crippen MR) is 174 cm³/mol. The van der Waals surface area contributed by atoms with E-state index in [1.807, 2.05) is 11.9 Å². The van der Waals surface area contributed by atoms with Gasteiger partial charge in [0.2, 0.25) is 11.5 Å². The maximum absolute atomic E-state index is 13.1. The molecule has 2 heterocycles. The number of fused-ring (bicyclic) bond motifs is 1. The highest BCUT2D eigenvalue weighted by Gasteiger charge is 2.46. The highest BCUT2D eigenvalue weighted by atomic mass is 16.5. The number of benzene rings is 1. The van der Waals surface area contributed by atoms with Gasteiger partial charge in [0.15, 0.2) is 17.0 Å². The Morgan fingerprint density at radius 1 is 0.936 bits per heavy atom. The monoisotopic (exact) mass is 656 g/mol. The van der Waals surface area contributed by atoms with E-state index in [2.05, 4.69) is 30.6 Å². The van der Waals surface area contributed by atoms with Crippen LogP contribution >= 0.6 is 0 Å². The number of carboxylic acids is 1. The van der Waals surface area contributed by atoms with Crippen LogP contribution in [0.2, 0.25) is 0 Å². The second-order valence-corrected chi connectivity index (χ2v) is 10.5. The summed E-state index contributed by atoms with van der Waals surface area (Å²) in [4.78, 5) is 56.9. The molecule has 0 radical (unpaired) electrons. The maximum Gasteiger partial charge on any atom is 0.339 e. The Bertz CT molecular complexity index is 1480. The normalized spacial score (nSPS) is 12.4. The summed E-state index contributed by atoms with van der Waals surface area (Å²) in [7, 11) is 1.82. The number of hydrogen-bond acceptors (Lipinski definition) is 14. The Balaban J connectivity index is 1.47. The zero-order chi connectivity index (χ0) is 34.2. The van der Waals surface area contributed by atoms with Gasteiger partial charge in [-0.05, 0) is 50.1 Å². The summed E-state index contributed by atoms with van der Waals surface area (Å²) in [5.74, 6) is -2.86. The SMILES string of the molecule is CCC(NC(=O)c1ccc(N(C)Cc2cnc3nc(N)nc(N)c3n2)cc1)(C(=O)O)C(=O)NCCCOCCOCCOCCCN. The molecule has 1 aromatic carbocycles. The average molecular weight is 657 g/mol. The first-order chi connectivity index (χ1) is 22.6. The van der Waals surface area contributed by atoms with Gasteiger partial charge in [0.1, 0.15) is 0 Å². The summed E-state index contributed by atoms with van der Waals surface area (Å²) in [6, 6.07) is 6.46. The molecule has 3 aromatic rings. The number of hydrogen-bond donors (Lipinski definition) is 6. The number of rotatable bonds is 21. The fraction of sp³-hybridized carbons (Fsp3) is 0.500. The fourth-order valence-electron chi connectivity index (χ4n) is 4.39. The van der Waals surface area contributed by atoms with Crippen molar-refractivity contribution in [1.29, 1.82) is 0 Å². The van der Waals surface area contributed by atoms with Crippen LogP contribution in [0.4, 0.5) is 17.5 Å². The molecule has 17 heteroatoms. The predicted octanol–water partition coefficient (Wildman–Crippen LogP) is 0.0887. The van der Waals surface area contributed by atoms with Crippen LogP contribution in [0.15, 0.2) is 30.5 Å². The first-order valence-corrected chi connectivity index (χ1v) is 15.2. The summed E-state index contributed by atoms with van der Waals surface area (Å²) in [6.07, 6.45) is 2.64. The van der Waals surface area contributed by atoms with Crippen LogP contribution in [0.25, 0.3) is 11.2 Å². The van der Waals surface area contributed by atoms with E-state index < -0.39 is 23.3 Å². The molecule has 47 heavy (non-hydrogen) atoms. The van der Waals surface area contributed by atoms with Gasteiger partial charge in [0.25, 0.3) is 11.8 Å². The van der Waals surface area contributed by atoms with Crippen LogP contribution in [0, 0.1) is 0 Å². The lowest BCUT2D eigenvalue weighted by Crippen LogP contribution is -2.63. The quantitative estimate of drug-likeness (QED) is 0.0656. The van der Waals surface area contributed by atoms with Crippen molar-refractivity contribution >= 4 is 46.4 Å². The summed E-state index contributed by atoms with van der Waals surface area (Å²) in [5, 5.41) is 15.0. The molecule has 9 N–H and O–H groups in total. The van der Waals surface area contributed by atoms with Crippen molar-refractivity contribution in [1.82, 2.24) is 30.6 Å². The van der Waals surface area contributed by atoms with Gasteiger partial charge in [-0.2, -0.15) is 9.97 Å². The van der Waals surface area contributed by atoms with Crippen LogP contribution in [0.5, 0.6) is 0 Å². The zero-order valence-corrected chi connectivity index (χ0v) is 26.7. The number of nitrogen functional groups attached to an aromatic ring is 2. The van der Waals surface area contributed by atoms with Crippen molar-refractivity contribution in [3.8, 4) is 0 Å². The van der Waals surface area contributed by atoms with Gasteiger partial charge in [0.05, 0.1) is 44.9 Å². The number of aliphatic carboxylic acids is 1. The van der Waals surface area contributed by atoms with E-state index in [-0.39, 0.29) is 35.9 Å². The molecule has 0 saturated carbocycles. The molecule has 2 aromatic heterocycles. The Morgan fingerprint density at radius 2 is 1.57 bits per heavy atom. The Morgan fingerprint density at radius 3 is 2.19 bits per heavy atom. The fourth-order valence-corrected chi connectivity index (χ4v) is 4.39. The Hall–Kier alpha value is -4.71. The molecule has 256 valence electrons. The van der Waals surface area contributed by atoms with Crippen LogP contribution in [-0.4, -0.2) is 108 Å². The molecule has 0 aliphatic rings. The molecule has 0 fully saturated rings. The number of carboxylic acid groups (broad SMARTS) is 1. The highest BCUT2D eigenvalue weighted by molar-refractivity contribution is 6.11. The lowest BCUT2D eigenvalue weighted by Gasteiger charge is -2.28. The van der Waals surface area contributed by atoms with Crippen molar-refractivity contribution in [2.45, 2.75) is 38.3 Å². The number of nitrogens with one attached hydrogen (secondary N) is 2. The highest BCUT2D eigenvalue weighted by Crippen LogP contribution is 2.20. The molecular formula is C30H44N10O7. The van der Waals surface area contributed by atoms with E-state index in [0.29, 0.717) is 70.4 Å². The van der Waals surface area contributed by atoms with Crippen molar-refractivity contribution in [3.63, 3.8) is 0 Å². The molecular weight excluding hydrogens is 612 g/mol. The third-order valence-electron chi connectivity index (χ3n) is 7.07. The van der Waals surface area contributed by atoms with Crippen LogP contribution in [0.1, 0.15) is 42.2 Å². The van der Waals surface area contributed by atoms with Crippen molar-refractivity contribution < 1.29 is 33.7 Å². The average Bonchev–Trinajstić information content (AvgIpc) is 3.05. The summed E-state index contributed by atoms with van der Waals surface area (Å²) >= 11 is 0. The number of ether oxygens (including phenoxy) is 3. The van der Waals surface area contributed by atoms with Gasteiger partial charge in [-0.15, -0.1) is 0 Å². The molecule has 17 nitrogen and oxygen atoms in total. The van der Waals surface area contributed by atoms with Crippen molar-refractivity contribution in [2.75, 3.05) is 76.1 Å².